The quantitative estimate of drug-likeness (QED) is 0.263. The molecule has 0 rings (SSSR count). The van der Waals surface area contributed by atoms with E-state index in [0.717, 1.165) is 0 Å². The summed E-state index contributed by atoms with van der Waals surface area (Å²) < 4.78 is 0. The van der Waals surface area contributed by atoms with Gasteiger partial charge < -0.3 is 51.8 Å². The molecule has 0 unspecified atom stereocenters. The summed E-state index contributed by atoms with van der Waals surface area (Å²) in [5.41, 5.74) is 0. The Kier molecular flexibility index (Phi) is 350. The zero-order valence-corrected chi connectivity index (χ0v) is 35.7. The maximum Gasteiger partial charge on any atom is 2.00 e. The second-order valence-electron chi connectivity index (χ2n) is 0.565. The van der Waals surface area contributed by atoms with Crippen LogP contribution in [0.15, 0.2) is 0 Å². The van der Waals surface area contributed by atoms with Gasteiger partial charge in [0.15, 0.2) is 0 Å². The number of rotatable bonds is 0. The molecule has 0 aromatic heterocycles. The maximum absolute atomic E-state index is 8.56. The second-order valence-corrected chi connectivity index (χ2v) is 0.565. The molecule has 92 valence electrons. The van der Waals surface area contributed by atoms with Crippen LogP contribution in [0.4, 0.5) is 9.59 Å². The third-order valence-electron chi connectivity index (χ3n) is 0. The van der Waals surface area contributed by atoms with E-state index < -0.39 is 12.3 Å². The summed E-state index contributed by atoms with van der Waals surface area (Å²) in [7, 11) is 0. The van der Waals surface area contributed by atoms with Crippen molar-refractivity contribution >= 4 is 427 Å². The first kappa shape index (κ1) is 85.7. The van der Waals surface area contributed by atoms with E-state index in [1.807, 2.05) is 0 Å². The van der Waals surface area contributed by atoms with E-state index in [1.165, 1.54) is 0 Å². The van der Waals surface area contributed by atoms with Crippen molar-refractivity contribution in [2.24, 2.45) is 0 Å². The van der Waals surface area contributed by atoms with Crippen LogP contribution in [0.5, 0.6) is 0 Å². The van der Waals surface area contributed by atoms with Gasteiger partial charge in [-0.15, -0.1) is 0 Å². The van der Waals surface area contributed by atoms with Crippen LogP contribution < -0.4 is 0 Å². The summed E-state index contributed by atoms with van der Waals surface area (Å²) in [6.45, 7) is 0. The van der Waals surface area contributed by atoms with Crippen molar-refractivity contribution in [3.8, 4) is 0 Å². The Morgan fingerprint density at radius 3 is 0.421 bits per heavy atom. The molecule has 0 bridgehead atoms. The topological polar surface area (TPSA) is 115 Å². The van der Waals surface area contributed by atoms with Crippen molar-refractivity contribution in [2.75, 3.05) is 0 Å². The van der Waals surface area contributed by atoms with Crippen LogP contribution in [0.25, 0.3) is 0 Å². The predicted molar refractivity (Wildman–Crippen MR) is 109 cm³/mol. The molecule has 0 aromatic carbocycles. The van der Waals surface area contributed by atoms with E-state index in [1.54, 1.807) is 0 Å². The smallest absolute Gasteiger partial charge is 1.00 e. The molecule has 0 aromatic rings. The molecule has 19 heavy (non-hydrogen) atoms. The van der Waals surface area contributed by atoms with Crippen LogP contribution in [0.3, 0.4) is 0 Å². The average molecular weight is 587 g/mol. The third kappa shape index (κ3) is 159. The van der Waals surface area contributed by atoms with Crippen molar-refractivity contribution in [2.45, 2.75) is 0 Å². The molecule has 0 aliphatic heterocycles. The first-order chi connectivity index (χ1) is 3.46. The van der Waals surface area contributed by atoms with E-state index in [4.69, 9.17) is 30.0 Å². The molecule has 0 aliphatic rings. The van der Waals surface area contributed by atoms with E-state index in [9.17, 15) is 0 Å². The first-order valence-electron chi connectivity index (χ1n) is 1.30. The number of carboxylic acid groups (broad SMARTS) is 4. The molecule has 0 radical (unpaired) electrons. The summed E-state index contributed by atoms with van der Waals surface area (Å²) in [5, 5.41) is 27.9. The van der Waals surface area contributed by atoms with Gasteiger partial charge in [0, 0.05) is 0 Å². The minimum absolute atomic E-state index is 0. The van der Waals surface area contributed by atoms with Gasteiger partial charge >= 0.3 is 427 Å². The summed E-state index contributed by atoms with van der Waals surface area (Å²) >= 11 is 0. The Morgan fingerprint density at radius 1 is 0.421 bits per heavy atom. The minimum Gasteiger partial charge on any atom is -1.00 e. The predicted octanol–water partition coefficient (Wildman–Crippen LogP) is -1.27. The van der Waals surface area contributed by atoms with Crippen LogP contribution in [0.1, 0.15) is 31.4 Å². The Morgan fingerprint density at radius 2 is 0.421 bits per heavy atom. The third-order valence-corrected chi connectivity index (χ3v) is 0. The monoisotopic (exact) mass is 586 g/mol. The number of hydrogen-bond acceptors (Lipinski definition) is 2. The van der Waals surface area contributed by atoms with Gasteiger partial charge in [-0.05, 0) is 0 Å². The summed E-state index contributed by atoms with van der Waals surface area (Å²) in [6.07, 6.45) is -3.67. The molecule has 0 aliphatic carbocycles. The molecule has 0 saturated heterocycles. The van der Waals surface area contributed by atoms with Crippen LogP contribution in [-0.2, 0) is 0 Å². The van der Waals surface area contributed by atoms with E-state index >= 15 is 0 Å². The molecule has 0 fully saturated rings. The van der Waals surface area contributed by atoms with E-state index in [2.05, 4.69) is 0 Å². The van der Waals surface area contributed by atoms with Crippen molar-refractivity contribution in [3.63, 3.8) is 0 Å². The van der Waals surface area contributed by atoms with Crippen molar-refractivity contribution < 1.29 is 61.4 Å². The molecular weight excluding hydrogens is 561 g/mol. The SMILES string of the molecule is O=C(O)O.O=C(O)O.[Ca+2].[Ca+2].[Ca+2].[Ca+2].[Ca+2].[Ca+2].[Ca+2].[Ca+2].[Ca+2].[Ca+2].[Ca+2].[H-].[H-].[H-].[H-].[H-].[H-].[H-].[H-].[H-].[H-].[H-].[H-].[H-].[H-].[H-].[H-].[H-].[H-].[H-].[H-].[H-].[H-]. The number of carbonyl (C=O) groups is 2. The fraction of sp³-hybridized carbons (Fsp3) is 0. The van der Waals surface area contributed by atoms with Crippen LogP contribution in [0.2, 0.25) is 0 Å². The fourth-order valence-electron chi connectivity index (χ4n) is 0. The fourth-order valence-corrected chi connectivity index (χ4v) is 0. The van der Waals surface area contributed by atoms with Crippen molar-refractivity contribution in [3.05, 3.63) is 0 Å². The molecule has 6 nitrogen and oxygen atoms in total. The van der Waals surface area contributed by atoms with Gasteiger partial charge in [-0.25, -0.2) is 9.59 Å². The van der Waals surface area contributed by atoms with Gasteiger partial charge in [0.1, 0.15) is 0 Å². The van der Waals surface area contributed by atoms with Gasteiger partial charge in [0.25, 0.3) is 0 Å². The summed E-state index contributed by atoms with van der Waals surface area (Å²) in [4.78, 5) is 17.1. The van der Waals surface area contributed by atoms with Crippen LogP contribution >= 0.6 is 0 Å². The summed E-state index contributed by atoms with van der Waals surface area (Å²) in [5.74, 6) is 0. The molecule has 0 atom stereocenters. The average Bonchev–Trinajstić information content (AvgIpc) is 1.25. The summed E-state index contributed by atoms with van der Waals surface area (Å²) in [6, 6.07) is 0. The molecular formula is C2H26Ca11O6. The van der Waals surface area contributed by atoms with Gasteiger partial charge in [0.05, 0.1) is 0 Å². The van der Waals surface area contributed by atoms with Gasteiger partial charge in [-0.1, -0.05) is 0 Å². The normalized spacial score (nSPS) is 2.53. The molecule has 0 heterocycles. The Labute approximate surface area is 474 Å². The molecule has 17 heteroatoms. The molecule has 0 spiro atoms. The standard InChI is InChI=1S/2CH2O3.11Ca.22H/c2*2-1(3)4;;;;;;;;;;;;;;;;;;;;;;;;;;;;;;;;;/h2*(H2,2,3,4);;;;;;;;;;;;;;;;;;;;;;;;;;;;;;;;;/q;;11*+2;22*-1. The Balaban J connectivity index is -0.000000000295. The van der Waals surface area contributed by atoms with Crippen LogP contribution in [0, 0.1) is 0 Å². The Hall–Kier alpha value is 12.4. The van der Waals surface area contributed by atoms with Crippen LogP contribution in [-0.4, -0.2) is 448 Å². The van der Waals surface area contributed by atoms with Gasteiger partial charge in [-0.3, -0.25) is 0 Å². The zero-order valence-electron chi connectivity index (χ0n) is 33.4. The largest absolute Gasteiger partial charge is 2.00 e. The Bertz CT molecular complexity index is 124. The zero-order chi connectivity index (χ0) is 7.15. The number of hydrogen-bond donors (Lipinski definition) is 4. The van der Waals surface area contributed by atoms with Gasteiger partial charge in [-0.2, -0.15) is 0 Å². The molecule has 4 N–H and O–H groups in total. The minimum atomic E-state index is -1.83. The first-order valence-corrected chi connectivity index (χ1v) is 1.30. The maximum atomic E-state index is 8.56. The van der Waals surface area contributed by atoms with E-state index in [0.29, 0.717) is 0 Å². The second kappa shape index (κ2) is 77.6. The van der Waals surface area contributed by atoms with Crippen molar-refractivity contribution in [1.82, 2.24) is 0 Å². The van der Waals surface area contributed by atoms with E-state index in [-0.39, 0.29) is 447 Å². The van der Waals surface area contributed by atoms with Gasteiger partial charge in [0.2, 0.25) is 0 Å². The molecule has 0 amide bonds. The molecule has 0 saturated carbocycles. The van der Waals surface area contributed by atoms with Crippen molar-refractivity contribution in [1.29, 1.82) is 0 Å².